The third-order valence-corrected chi connectivity index (χ3v) is 6.55. The quantitative estimate of drug-likeness (QED) is 0.409. The number of aryl methyl sites for hydroxylation is 1. The van der Waals surface area contributed by atoms with E-state index in [4.69, 9.17) is 4.74 Å². The van der Waals surface area contributed by atoms with Gasteiger partial charge in [0, 0.05) is 5.56 Å². The first-order chi connectivity index (χ1) is 13.6. The topological polar surface area (TPSA) is 88.8 Å². The van der Waals surface area contributed by atoms with Crippen molar-refractivity contribution in [3.05, 3.63) is 40.5 Å². The summed E-state index contributed by atoms with van der Waals surface area (Å²) in [4.78, 5) is 8.84. The summed E-state index contributed by atoms with van der Waals surface area (Å²) >= 11 is 1.50. The minimum atomic E-state index is -0.0143. The van der Waals surface area contributed by atoms with Crippen LogP contribution in [0, 0.1) is 6.92 Å². The van der Waals surface area contributed by atoms with Crippen molar-refractivity contribution in [2.75, 3.05) is 46.4 Å². The van der Waals surface area contributed by atoms with E-state index in [2.05, 4.69) is 16.1 Å². The monoisotopic (exact) mass is 405 g/mol. The molecule has 1 saturated heterocycles. The third-order valence-electron chi connectivity index (χ3n) is 5.47. The summed E-state index contributed by atoms with van der Waals surface area (Å²) in [5, 5.41) is 24.5. The Kier molecular flexibility index (Phi) is 5.49. The van der Waals surface area contributed by atoms with E-state index in [0.717, 1.165) is 48.9 Å². The predicted octanol–water partition coefficient (Wildman–Crippen LogP) is -1.32. The van der Waals surface area contributed by atoms with Gasteiger partial charge in [0.2, 0.25) is 10.8 Å². The van der Waals surface area contributed by atoms with Crippen molar-refractivity contribution in [3.8, 4) is 11.6 Å². The number of hydrogen-bond donors (Lipinski definition) is 4. The van der Waals surface area contributed by atoms with Crippen LogP contribution in [0.1, 0.15) is 22.3 Å². The van der Waals surface area contributed by atoms with E-state index >= 15 is 0 Å². The highest BCUT2D eigenvalue weighted by atomic mass is 32.1. The Morgan fingerprint density at radius 3 is 2.75 bits per heavy atom. The van der Waals surface area contributed by atoms with Crippen LogP contribution in [0.4, 0.5) is 0 Å². The molecule has 150 valence electrons. The average Bonchev–Trinajstić information content (AvgIpc) is 3.21. The summed E-state index contributed by atoms with van der Waals surface area (Å²) in [6, 6.07) is 8.05. The SMILES string of the molecule is COc1cccc([C@@H](c2sc3nc(C)nn3c2O)[NH+]2CC[NH+](CCO)CC2)c1. The van der Waals surface area contributed by atoms with Crippen molar-refractivity contribution in [1.82, 2.24) is 14.6 Å². The van der Waals surface area contributed by atoms with Gasteiger partial charge >= 0.3 is 0 Å². The molecule has 9 heteroatoms. The highest BCUT2D eigenvalue weighted by molar-refractivity contribution is 7.17. The molecule has 0 amide bonds. The molecule has 0 unspecified atom stereocenters. The van der Waals surface area contributed by atoms with Crippen LogP contribution >= 0.6 is 11.3 Å². The number of methoxy groups -OCH3 is 1. The number of nitrogens with zero attached hydrogens (tertiary/aromatic N) is 3. The van der Waals surface area contributed by atoms with Crippen LogP contribution in [0.5, 0.6) is 11.6 Å². The first-order valence-electron chi connectivity index (χ1n) is 9.58. The molecule has 0 saturated carbocycles. The van der Waals surface area contributed by atoms with Crippen molar-refractivity contribution in [2.24, 2.45) is 0 Å². The number of aromatic hydroxyl groups is 1. The second-order valence-corrected chi connectivity index (χ2v) is 8.24. The molecule has 1 aromatic carbocycles. The molecule has 0 radical (unpaired) electrons. The number of benzene rings is 1. The average molecular weight is 406 g/mol. The largest absolute Gasteiger partial charge is 0.497 e. The molecule has 1 aliphatic rings. The molecule has 0 aliphatic carbocycles. The standard InChI is InChI=1S/C19H25N5O3S/c1-13-20-19-24(21-13)18(26)17(28-19)16(14-4-3-5-15(12-14)27-2)23-8-6-22(7-9-23)10-11-25/h3-5,12,16,25-26H,6-11H2,1-2H3/p+2/t16-/m0/s1. The zero-order chi connectivity index (χ0) is 19.7. The maximum atomic E-state index is 10.9. The van der Waals surface area contributed by atoms with Crippen molar-refractivity contribution < 1.29 is 24.7 Å². The Hall–Kier alpha value is -2.20. The lowest BCUT2D eigenvalue weighted by atomic mass is 10.0. The van der Waals surface area contributed by atoms with Crippen molar-refractivity contribution >= 4 is 16.3 Å². The highest BCUT2D eigenvalue weighted by Gasteiger charge is 2.36. The Balaban J connectivity index is 1.72. The van der Waals surface area contributed by atoms with E-state index in [-0.39, 0.29) is 18.5 Å². The van der Waals surface area contributed by atoms with E-state index in [9.17, 15) is 10.2 Å². The van der Waals surface area contributed by atoms with Gasteiger partial charge in [-0.2, -0.15) is 4.52 Å². The molecule has 28 heavy (non-hydrogen) atoms. The molecule has 3 aromatic rings. The number of aromatic nitrogens is 3. The van der Waals surface area contributed by atoms with Gasteiger partial charge in [0.05, 0.1) is 13.7 Å². The molecule has 2 aromatic heterocycles. The van der Waals surface area contributed by atoms with E-state index in [0.29, 0.717) is 10.8 Å². The lowest BCUT2D eigenvalue weighted by molar-refractivity contribution is -1.02. The normalized spacial score (nSPS) is 21.1. The highest BCUT2D eigenvalue weighted by Crippen LogP contribution is 2.35. The summed E-state index contributed by atoms with van der Waals surface area (Å²) in [7, 11) is 1.67. The van der Waals surface area contributed by atoms with E-state index in [1.165, 1.54) is 25.7 Å². The van der Waals surface area contributed by atoms with Gasteiger partial charge in [-0.15, -0.1) is 5.10 Å². The number of aliphatic hydroxyl groups excluding tert-OH is 1. The van der Waals surface area contributed by atoms with Crippen LogP contribution in [0.15, 0.2) is 24.3 Å². The van der Waals surface area contributed by atoms with Crippen molar-refractivity contribution in [1.29, 1.82) is 0 Å². The number of thiazole rings is 1. The van der Waals surface area contributed by atoms with Gasteiger partial charge in [-0.1, -0.05) is 23.5 Å². The summed E-state index contributed by atoms with van der Waals surface area (Å²) in [5.41, 5.74) is 1.11. The minimum Gasteiger partial charge on any atom is -0.497 e. The summed E-state index contributed by atoms with van der Waals surface area (Å²) < 4.78 is 6.97. The molecular formula is C19H27N5O3S+2. The van der Waals surface area contributed by atoms with Gasteiger partial charge in [0.15, 0.2) is 6.04 Å². The zero-order valence-corrected chi connectivity index (χ0v) is 17.0. The number of fused-ring (bicyclic) bond motifs is 1. The molecule has 0 bridgehead atoms. The first-order valence-corrected chi connectivity index (χ1v) is 10.4. The lowest BCUT2D eigenvalue weighted by Crippen LogP contribution is -3.28. The number of aliphatic hydroxyl groups is 1. The summed E-state index contributed by atoms with van der Waals surface area (Å²) in [5.74, 6) is 1.63. The maximum absolute atomic E-state index is 10.9. The van der Waals surface area contributed by atoms with Gasteiger partial charge in [0.1, 0.15) is 49.2 Å². The van der Waals surface area contributed by atoms with Crippen LogP contribution in [0.25, 0.3) is 4.96 Å². The van der Waals surface area contributed by atoms with Gasteiger partial charge < -0.3 is 24.7 Å². The smallest absolute Gasteiger partial charge is 0.235 e. The second kappa shape index (κ2) is 8.04. The van der Waals surface area contributed by atoms with Gasteiger partial charge in [-0.25, -0.2) is 4.98 Å². The van der Waals surface area contributed by atoms with E-state index in [1.807, 2.05) is 25.1 Å². The Bertz CT molecular complexity index is 948. The fraction of sp³-hybridized carbons (Fsp3) is 0.474. The first kappa shape index (κ1) is 19.1. The lowest BCUT2D eigenvalue weighted by Gasteiger charge is -2.34. The number of rotatable bonds is 6. The number of piperazine rings is 1. The van der Waals surface area contributed by atoms with Crippen LogP contribution in [-0.2, 0) is 0 Å². The number of nitrogens with one attached hydrogen (secondary N) is 2. The zero-order valence-electron chi connectivity index (χ0n) is 16.2. The van der Waals surface area contributed by atoms with Crippen LogP contribution in [0.2, 0.25) is 0 Å². The van der Waals surface area contributed by atoms with Crippen molar-refractivity contribution in [2.45, 2.75) is 13.0 Å². The minimum absolute atomic E-state index is 0.0143. The molecule has 4 rings (SSSR count). The van der Waals surface area contributed by atoms with Gasteiger partial charge in [-0.3, -0.25) is 0 Å². The summed E-state index contributed by atoms with van der Waals surface area (Å²) in [6.45, 7) is 6.75. The molecule has 8 nitrogen and oxygen atoms in total. The molecule has 3 heterocycles. The maximum Gasteiger partial charge on any atom is 0.235 e. The van der Waals surface area contributed by atoms with Crippen LogP contribution in [0.3, 0.4) is 0 Å². The molecule has 1 fully saturated rings. The van der Waals surface area contributed by atoms with E-state index in [1.54, 1.807) is 7.11 Å². The van der Waals surface area contributed by atoms with E-state index < -0.39 is 0 Å². The van der Waals surface area contributed by atoms with Crippen molar-refractivity contribution in [3.63, 3.8) is 0 Å². The molecule has 1 atom stereocenters. The number of quaternary nitrogens is 2. The van der Waals surface area contributed by atoms with Gasteiger partial charge in [-0.05, 0) is 19.1 Å². The fourth-order valence-corrected chi connectivity index (χ4v) is 5.24. The van der Waals surface area contributed by atoms with Gasteiger partial charge in [0.25, 0.3) is 0 Å². The molecule has 0 spiro atoms. The number of hydrogen-bond acceptors (Lipinski definition) is 6. The second-order valence-electron chi connectivity index (χ2n) is 7.23. The number of ether oxygens (including phenoxy) is 1. The Labute approximate surface area is 167 Å². The summed E-state index contributed by atoms with van der Waals surface area (Å²) in [6.07, 6.45) is 0. The molecule has 4 N–H and O–H groups in total. The third kappa shape index (κ3) is 3.58. The van der Waals surface area contributed by atoms with Crippen LogP contribution in [-0.4, -0.2) is 71.3 Å². The fourth-order valence-electron chi connectivity index (χ4n) is 4.05. The predicted molar refractivity (Wildman–Crippen MR) is 105 cm³/mol. The Morgan fingerprint density at radius 2 is 2.07 bits per heavy atom. The molecular weight excluding hydrogens is 378 g/mol. The molecule has 1 aliphatic heterocycles. The Morgan fingerprint density at radius 1 is 1.29 bits per heavy atom. The van der Waals surface area contributed by atoms with Crippen LogP contribution < -0.4 is 14.5 Å².